The third kappa shape index (κ3) is 2.18. The van der Waals surface area contributed by atoms with Crippen molar-refractivity contribution >= 4 is 5.69 Å². The van der Waals surface area contributed by atoms with Gasteiger partial charge in [0, 0.05) is 11.3 Å². The number of benzene rings is 2. The summed E-state index contributed by atoms with van der Waals surface area (Å²) in [5, 5.41) is 13.2. The van der Waals surface area contributed by atoms with Gasteiger partial charge in [-0.05, 0) is 30.3 Å². The molecule has 100 valence electrons. The van der Waals surface area contributed by atoms with Gasteiger partial charge in [-0.15, -0.1) is 0 Å². The largest absolute Gasteiger partial charge is 0.508 e. The van der Waals surface area contributed by atoms with E-state index in [4.69, 9.17) is 10.3 Å². The maximum absolute atomic E-state index is 13.2. The van der Waals surface area contributed by atoms with Crippen molar-refractivity contribution < 1.29 is 14.0 Å². The van der Waals surface area contributed by atoms with E-state index in [1.54, 1.807) is 12.1 Å². The van der Waals surface area contributed by atoms with Crippen molar-refractivity contribution in [3.05, 3.63) is 48.3 Å². The average molecular weight is 271 g/mol. The molecule has 0 fully saturated rings. The van der Waals surface area contributed by atoms with E-state index in [1.807, 2.05) is 0 Å². The number of anilines is 1. The van der Waals surface area contributed by atoms with Gasteiger partial charge in [-0.3, -0.25) is 0 Å². The van der Waals surface area contributed by atoms with Crippen LogP contribution < -0.4 is 5.73 Å². The first-order chi connectivity index (χ1) is 9.63. The highest BCUT2D eigenvalue weighted by Gasteiger charge is 2.14. The van der Waals surface area contributed by atoms with Crippen LogP contribution in [-0.4, -0.2) is 15.2 Å². The number of aromatic nitrogens is 2. The molecular weight excluding hydrogens is 261 g/mol. The Kier molecular flexibility index (Phi) is 2.83. The van der Waals surface area contributed by atoms with E-state index < -0.39 is 5.82 Å². The van der Waals surface area contributed by atoms with Crippen LogP contribution in [-0.2, 0) is 0 Å². The van der Waals surface area contributed by atoms with Crippen LogP contribution in [0.25, 0.3) is 22.8 Å². The Morgan fingerprint density at radius 3 is 2.80 bits per heavy atom. The quantitative estimate of drug-likeness (QED) is 0.700. The van der Waals surface area contributed by atoms with E-state index in [0.717, 1.165) is 0 Å². The van der Waals surface area contributed by atoms with Gasteiger partial charge in [0.25, 0.3) is 5.89 Å². The second kappa shape index (κ2) is 4.65. The van der Waals surface area contributed by atoms with Gasteiger partial charge in [0.1, 0.15) is 11.6 Å². The summed E-state index contributed by atoms with van der Waals surface area (Å²) in [5.41, 5.74) is 7.03. The monoisotopic (exact) mass is 271 g/mol. The van der Waals surface area contributed by atoms with Crippen LogP contribution in [0.5, 0.6) is 5.75 Å². The first-order valence-electron chi connectivity index (χ1n) is 5.82. The third-order valence-corrected chi connectivity index (χ3v) is 2.78. The van der Waals surface area contributed by atoms with Crippen molar-refractivity contribution in [1.29, 1.82) is 0 Å². The maximum Gasteiger partial charge on any atom is 0.260 e. The lowest BCUT2D eigenvalue weighted by atomic mass is 10.1. The van der Waals surface area contributed by atoms with E-state index in [2.05, 4.69) is 10.1 Å². The lowest BCUT2D eigenvalue weighted by Crippen LogP contribution is -1.91. The number of aromatic hydroxyl groups is 1. The molecule has 0 spiro atoms. The average Bonchev–Trinajstić information content (AvgIpc) is 2.91. The molecule has 0 atom stereocenters. The SMILES string of the molecule is Nc1ccc(F)cc1-c1nc(-c2cccc(O)c2)no1. The number of halogens is 1. The molecule has 3 aromatic rings. The first-order valence-corrected chi connectivity index (χ1v) is 5.82. The Balaban J connectivity index is 2.04. The second-order valence-corrected chi connectivity index (χ2v) is 4.21. The number of phenolic OH excluding ortho intramolecular Hbond substituents is 1. The van der Waals surface area contributed by atoms with E-state index in [0.29, 0.717) is 22.6 Å². The normalized spacial score (nSPS) is 10.7. The van der Waals surface area contributed by atoms with Crippen molar-refractivity contribution in [2.45, 2.75) is 0 Å². The van der Waals surface area contributed by atoms with Crippen LogP contribution in [0.1, 0.15) is 0 Å². The molecule has 2 aromatic carbocycles. The molecule has 0 bridgehead atoms. The highest BCUT2D eigenvalue weighted by molar-refractivity contribution is 5.71. The van der Waals surface area contributed by atoms with Crippen LogP contribution in [0.4, 0.5) is 10.1 Å². The molecule has 0 aliphatic rings. The predicted octanol–water partition coefficient (Wildman–Crippen LogP) is 2.83. The Morgan fingerprint density at radius 1 is 1.15 bits per heavy atom. The zero-order chi connectivity index (χ0) is 14.1. The van der Waals surface area contributed by atoms with Gasteiger partial charge in [-0.25, -0.2) is 4.39 Å². The standard InChI is InChI=1S/C14H10FN3O2/c15-9-4-5-12(16)11(7-9)14-17-13(18-20-14)8-2-1-3-10(19)6-8/h1-7,19H,16H2. The van der Waals surface area contributed by atoms with Crippen molar-refractivity contribution in [1.82, 2.24) is 10.1 Å². The molecule has 0 aliphatic heterocycles. The van der Waals surface area contributed by atoms with Crippen molar-refractivity contribution in [2.75, 3.05) is 5.73 Å². The molecule has 1 heterocycles. The summed E-state index contributed by atoms with van der Waals surface area (Å²) >= 11 is 0. The van der Waals surface area contributed by atoms with Crippen LogP contribution in [0, 0.1) is 5.82 Å². The molecular formula is C14H10FN3O2. The van der Waals surface area contributed by atoms with Gasteiger partial charge >= 0.3 is 0 Å². The Labute approximate surface area is 113 Å². The minimum Gasteiger partial charge on any atom is -0.508 e. The van der Waals surface area contributed by atoms with E-state index in [1.165, 1.54) is 30.3 Å². The summed E-state index contributed by atoms with van der Waals surface area (Å²) in [6.45, 7) is 0. The van der Waals surface area contributed by atoms with Crippen LogP contribution in [0.15, 0.2) is 47.0 Å². The summed E-state index contributed by atoms with van der Waals surface area (Å²) in [6, 6.07) is 10.3. The molecule has 0 unspecified atom stereocenters. The Hall–Kier alpha value is -2.89. The molecule has 0 aliphatic carbocycles. The number of rotatable bonds is 2. The minimum absolute atomic E-state index is 0.0964. The summed E-state index contributed by atoms with van der Waals surface area (Å²) in [6.07, 6.45) is 0. The molecule has 3 N–H and O–H groups in total. The second-order valence-electron chi connectivity index (χ2n) is 4.21. The number of hydrogen-bond acceptors (Lipinski definition) is 5. The molecule has 3 rings (SSSR count). The van der Waals surface area contributed by atoms with Gasteiger partial charge in [0.05, 0.1) is 5.56 Å². The van der Waals surface area contributed by atoms with Gasteiger partial charge in [0.2, 0.25) is 5.82 Å². The molecule has 20 heavy (non-hydrogen) atoms. The Bertz CT molecular complexity index is 771. The highest BCUT2D eigenvalue weighted by atomic mass is 19.1. The maximum atomic E-state index is 13.2. The molecule has 0 amide bonds. The lowest BCUT2D eigenvalue weighted by molar-refractivity contribution is 0.432. The smallest absolute Gasteiger partial charge is 0.260 e. The highest BCUT2D eigenvalue weighted by Crippen LogP contribution is 2.28. The fourth-order valence-electron chi connectivity index (χ4n) is 1.81. The fraction of sp³-hybridized carbons (Fsp3) is 0. The van der Waals surface area contributed by atoms with Crippen LogP contribution >= 0.6 is 0 Å². The lowest BCUT2D eigenvalue weighted by Gasteiger charge is -1.99. The van der Waals surface area contributed by atoms with Crippen molar-refractivity contribution in [3.8, 4) is 28.6 Å². The van der Waals surface area contributed by atoms with Gasteiger partial charge in [0.15, 0.2) is 0 Å². The summed E-state index contributed by atoms with van der Waals surface area (Å²) in [4.78, 5) is 4.16. The van der Waals surface area contributed by atoms with Crippen molar-refractivity contribution in [2.24, 2.45) is 0 Å². The molecule has 0 radical (unpaired) electrons. The summed E-state index contributed by atoms with van der Waals surface area (Å²) in [5.74, 6) is 0.0744. The van der Waals surface area contributed by atoms with Crippen LogP contribution in [0.2, 0.25) is 0 Å². The third-order valence-electron chi connectivity index (χ3n) is 2.78. The zero-order valence-electron chi connectivity index (χ0n) is 10.2. The molecule has 6 heteroatoms. The van der Waals surface area contributed by atoms with E-state index in [-0.39, 0.29) is 11.6 Å². The number of hydrogen-bond donors (Lipinski definition) is 2. The number of nitrogens with two attached hydrogens (primary N) is 1. The summed E-state index contributed by atoms with van der Waals surface area (Å²) in [7, 11) is 0. The van der Waals surface area contributed by atoms with E-state index in [9.17, 15) is 9.50 Å². The molecule has 0 saturated heterocycles. The predicted molar refractivity (Wildman–Crippen MR) is 71.2 cm³/mol. The molecule has 5 nitrogen and oxygen atoms in total. The van der Waals surface area contributed by atoms with E-state index >= 15 is 0 Å². The zero-order valence-corrected chi connectivity index (χ0v) is 10.2. The number of nitrogens with zero attached hydrogens (tertiary/aromatic N) is 2. The molecule has 1 aromatic heterocycles. The minimum atomic E-state index is -0.439. The topological polar surface area (TPSA) is 85.2 Å². The first kappa shape index (κ1) is 12.2. The van der Waals surface area contributed by atoms with Gasteiger partial charge in [-0.2, -0.15) is 4.98 Å². The van der Waals surface area contributed by atoms with Crippen molar-refractivity contribution in [3.63, 3.8) is 0 Å². The fourth-order valence-corrected chi connectivity index (χ4v) is 1.81. The van der Waals surface area contributed by atoms with Gasteiger partial charge < -0.3 is 15.4 Å². The number of nitrogen functional groups attached to an aromatic ring is 1. The summed E-state index contributed by atoms with van der Waals surface area (Å²) < 4.78 is 18.3. The number of phenols is 1. The Morgan fingerprint density at radius 2 is 2.00 bits per heavy atom. The van der Waals surface area contributed by atoms with Crippen LogP contribution in [0.3, 0.4) is 0 Å². The molecule has 0 saturated carbocycles. The van der Waals surface area contributed by atoms with Gasteiger partial charge in [-0.1, -0.05) is 17.3 Å².